The Kier molecular flexibility index (Phi) is 4.51. The maximum atomic E-state index is 12.2. The zero-order chi connectivity index (χ0) is 17.1. The minimum absolute atomic E-state index is 0.0228. The van der Waals surface area contributed by atoms with Gasteiger partial charge in [-0.3, -0.25) is 9.59 Å². The number of hydrogen-bond acceptors (Lipinski definition) is 3. The van der Waals surface area contributed by atoms with Crippen molar-refractivity contribution >= 4 is 17.5 Å². The molecule has 2 amide bonds. The van der Waals surface area contributed by atoms with Crippen molar-refractivity contribution in [2.24, 2.45) is 0 Å². The second kappa shape index (κ2) is 6.74. The topological polar surface area (TPSA) is 58.6 Å². The highest BCUT2D eigenvalue weighted by molar-refractivity contribution is 5.95. The number of fused-ring (bicyclic) bond motifs is 1. The molecule has 0 bridgehead atoms. The van der Waals surface area contributed by atoms with Gasteiger partial charge in [-0.05, 0) is 36.8 Å². The lowest BCUT2D eigenvalue weighted by Gasteiger charge is -2.17. The van der Waals surface area contributed by atoms with E-state index in [2.05, 4.69) is 5.32 Å². The van der Waals surface area contributed by atoms with Gasteiger partial charge in [0.1, 0.15) is 5.75 Å². The van der Waals surface area contributed by atoms with E-state index in [0.29, 0.717) is 30.9 Å². The quantitative estimate of drug-likeness (QED) is 0.944. The first-order valence-electron chi connectivity index (χ1n) is 7.92. The summed E-state index contributed by atoms with van der Waals surface area (Å²) in [7, 11) is 1.74. The summed E-state index contributed by atoms with van der Waals surface area (Å²) in [5, 5.41) is 2.90. The number of carbonyl (C=O) groups is 2. The number of rotatable bonds is 3. The number of carbonyl (C=O) groups excluding carboxylic acids is 2. The van der Waals surface area contributed by atoms with E-state index < -0.39 is 0 Å². The lowest BCUT2D eigenvalue weighted by molar-refractivity contribution is -0.118. The van der Waals surface area contributed by atoms with E-state index in [4.69, 9.17) is 4.74 Å². The Hall–Kier alpha value is -2.82. The SMILES string of the molecule is Cc1ccc(C(=O)NCc2ccc3c(c2)N(C)C(=O)CCO3)cc1. The average Bonchev–Trinajstić information content (AvgIpc) is 2.73. The van der Waals surface area contributed by atoms with Crippen molar-refractivity contribution < 1.29 is 14.3 Å². The molecule has 24 heavy (non-hydrogen) atoms. The highest BCUT2D eigenvalue weighted by Gasteiger charge is 2.20. The van der Waals surface area contributed by atoms with Gasteiger partial charge >= 0.3 is 0 Å². The van der Waals surface area contributed by atoms with Gasteiger partial charge < -0.3 is 15.0 Å². The molecule has 0 saturated carbocycles. The van der Waals surface area contributed by atoms with Crippen LogP contribution in [0, 0.1) is 6.92 Å². The molecule has 2 aromatic rings. The summed E-state index contributed by atoms with van der Waals surface area (Å²) in [4.78, 5) is 25.7. The first-order chi connectivity index (χ1) is 11.5. The van der Waals surface area contributed by atoms with Gasteiger partial charge in [0.2, 0.25) is 5.91 Å². The van der Waals surface area contributed by atoms with Crippen LogP contribution in [0.15, 0.2) is 42.5 Å². The molecule has 124 valence electrons. The van der Waals surface area contributed by atoms with Crippen LogP contribution in [0.2, 0.25) is 0 Å². The largest absolute Gasteiger partial charge is 0.491 e. The van der Waals surface area contributed by atoms with Gasteiger partial charge in [-0.2, -0.15) is 0 Å². The molecule has 3 rings (SSSR count). The Morgan fingerprint density at radius 3 is 2.71 bits per heavy atom. The maximum absolute atomic E-state index is 12.2. The van der Waals surface area contributed by atoms with Crippen molar-refractivity contribution in [2.75, 3.05) is 18.6 Å². The lowest BCUT2D eigenvalue weighted by Crippen LogP contribution is -2.26. The Labute approximate surface area is 141 Å². The normalized spacial score (nSPS) is 13.8. The van der Waals surface area contributed by atoms with Crippen LogP contribution in [0.4, 0.5) is 5.69 Å². The molecule has 0 aromatic heterocycles. The molecule has 2 aromatic carbocycles. The first-order valence-corrected chi connectivity index (χ1v) is 7.92. The Morgan fingerprint density at radius 2 is 1.96 bits per heavy atom. The molecule has 1 N–H and O–H groups in total. The molecular formula is C19H20N2O3. The molecule has 5 nitrogen and oxygen atoms in total. The van der Waals surface area contributed by atoms with E-state index in [-0.39, 0.29) is 11.8 Å². The Bertz CT molecular complexity index is 769. The number of hydrogen-bond donors (Lipinski definition) is 1. The summed E-state index contributed by atoms with van der Waals surface area (Å²) in [6, 6.07) is 13.1. The van der Waals surface area contributed by atoms with Crippen molar-refractivity contribution in [3.8, 4) is 5.75 Å². The Morgan fingerprint density at radius 1 is 1.21 bits per heavy atom. The minimum atomic E-state index is -0.120. The van der Waals surface area contributed by atoms with Gasteiger partial charge in [0.15, 0.2) is 0 Å². The lowest BCUT2D eigenvalue weighted by atomic mass is 10.1. The highest BCUT2D eigenvalue weighted by Crippen LogP contribution is 2.31. The molecule has 0 aliphatic carbocycles. The van der Waals surface area contributed by atoms with E-state index in [1.807, 2.05) is 49.4 Å². The van der Waals surface area contributed by atoms with Gasteiger partial charge in [0.05, 0.1) is 18.7 Å². The zero-order valence-electron chi connectivity index (χ0n) is 13.8. The average molecular weight is 324 g/mol. The minimum Gasteiger partial charge on any atom is -0.491 e. The van der Waals surface area contributed by atoms with Crippen LogP contribution >= 0.6 is 0 Å². The van der Waals surface area contributed by atoms with Crippen LogP contribution in [-0.4, -0.2) is 25.5 Å². The summed E-state index contributed by atoms with van der Waals surface area (Å²) in [6.07, 6.45) is 0.366. The number of aryl methyl sites for hydroxylation is 1. The molecule has 1 aliphatic heterocycles. The van der Waals surface area contributed by atoms with Crippen LogP contribution in [0.5, 0.6) is 5.75 Å². The highest BCUT2D eigenvalue weighted by atomic mass is 16.5. The van der Waals surface area contributed by atoms with Gasteiger partial charge in [-0.25, -0.2) is 0 Å². The maximum Gasteiger partial charge on any atom is 0.251 e. The fourth-order valence-electron chi connectivity index (χ4n) is 2.60. The molecule has 5 heteroatoms. The molecule has 0 saturated heterocycles. The van der Waals surface area contributed by atoms with E-state index in [1.54, 1.807) is 11.9 Å². The summed E-state index contributed by atoms with van der Waals surface area (Å²) in [5.41, 5.74) is 3.40. The standard InChI is InChI=1S/C19H20N2O3/c1-13-3-6-15(7-4-13)19(23)20-12-14-5-8-17-16(11-14)21(2)18(22)9-10-24-17/h3-8,11H,9-10,12H2,1-2H3,(H,20,23). The first kappa shape index (κ1) is 16.1. The van der Waals surface area contributed by atoms with E-state index in [0.717, 1.165) is 16.8 Å². The summed E-state index contributed by atoms with van der Waals surface area (Å²) >= 11 is 0. The monoisotopic (exact) mass is 324 g/mol. The molecule has 0 atom stereocenters. The van der Waals surface area contributed by atoms with Gasteiger partial charge in [-0.15, -0.1) is 0 Å². The van der Waals surface area contributed by atoms with E-state index in [9.17, 15) is 9.59 Å². The van der Waals surface area contributed by atoms with Gasteiger partial charge in [-0.1, -0.05) is 23.8 Å². The van der Waals surface area contributed by atoms with Crippen molar-refractivity contribution in [3.63, 3.8) is 0 Å². The fourth-order valence-corrected chi connectivity index (χ4v) is 2.60. The number of ether oxygens (including phenoxy) is 1. The summed E-state index contributed by atoms with van der Waals surface area (Å²) < 4.78 is 5.60. The van der Waals surface area contributed by atoms with Crippen LogP contribution in [-0.2, 0) is 11.3 Å². The van der Waals surface area contributed by atoms with Gasteiger partial charge in [0.25, 0.3) is 5.91 Å². The second-order valence-corrected chi connectivity index (χ2v) is 5.90. The number of amides is 2. The van der Waals surface area contributed by atoms with Gasteiger partial charge in [0, 0.05) is 19.2 Å². The third-order valence-corrected chi connectivity index (χ3v) is 4.10. The van der Waals surface area contributed by atoms with Crippen molar-refractivity contribution in [3.05, 3.63) is 59.2 Å². The number of benzene rings is 2. The molecule has 1 aliphatic rings. The molecule has 0 radical (unpaired) electrons. The third-order valence-electron chi connectivity index (χ3n) is 4.10. The molecule has 0 spiro atoms. The number of anilines is 1. The van der Waals surface area contributed by atoms with Crippen LogP contribution in [0.25, 0.3) is 0 Å². The van der Waals surface area contributed by atoms with E-state index in [1.165, 1.54) is 0 Å². The van der Waals surface area contributed by atoms with Crippen molar-refractivity contribution in [2.45, 2.75) is 19.9 Å². The molecule has 0 unspecified atom stereocenters. The zero-order valence-corrected chi connectivity index (χ0v) is 13.8. The molecule has 1 heterocycles. The molecular weight excluding hydrogens is 304 g/mol. The van der Waals surface area contributed by atoms with Crippen molar-refractivity contribution in [1.29, 1.82) is 0 Å². The second-order valence-electron chi connectivity index (χ2n) is 5.90. The number of nitrogens with one attached hydrogen (secondary N) is 1. The number of nitrogens with zero attached hydrogens (tertiary/aromatic N) is 1. The predicted octanol–water partition coefficient (Wildman–Crippen LogP) is 2.67. The van der Waals surface area contributed by atoms with Crippen molar-refractivity contribution in [1.82, 2.24) is 5.32 Å². The van der Waals surface area contributed by atoms with Crippen LogP contribution in [0.3, 0.4) is 0 Å². The van der Waals surface area contributed by atoms with E-state index >= 15 is 0 Å². The third kappa shape index (κ3) is 3.40. The Balaban J connectivity index is 1.72. The van der Waals surface area contributed by atoms with Crippen LogP contribution < -0.4 is 15.0 Å². The predicted molar refractivity (Wildman–Crippen MR) is 92.3 cm³/mol. The fraction of sp³-hybridized carbons (Fsp3) is 0.263. The molecule has 0 fully saturated rings. The smallest absolute Gasteiger partial charge is 0.251 e. The summed E-state index contributed by atoms with van der Waals surface area (Å²) in [5.74, 6) is 0.595. The van der Waals surface area contributed by atoms with Crippen LogP contribution in [0.1, 0.15) is 27.9 Å². The summed E-state index contributed by atoms with van der Waals surface area (Å²) in [6.45, 7) is 2.76.